The van der Waals surface area contributed by atoms with Gasteiger partial charge < -0.3 is 10.1 Å². The molecule has 0 bridgehead atoms. The first-order valence-electron chi connectivity index (χ1n) is 6.54. The lowest BCUT2D eigenvalue weighted by atomic mass is 10.1. The zero-order valence-electron chi connectivity index (χ0n) is 11.1. The van der Waals surface area contributed by atoms with Crippen molar-refractivity contribution in [2.75, 3.05) is 11.9 Å². The summed E-state index contributed by atoms with van der Waals surface area (Å²) in [5, 5.41) is 13.6. The Labute approximate surface area is 116 Å². The molecular weight excluding hydrogens is 258 g/mol. The number of hydrogen-bond donors (Lipinski definition) is 1. The predicted molar refractivity (Wildman–Crippen MR) is 77.0 cm³/mol. The van der Waals surface area contributed by atoms with Crippen LogP contribution in [0, 0.1) is 0 Å². The van der Waals surface area contributed by atoms with Crippen LogP contribution in [0.5, 0.6) is 5.75 Å². The molecule has 19 heavy (non-hydrogen) atoms. The van der Waals surface area contributed by atoms with Gasteiger partial charge in [-0.3, -0.25) is 0 Å². The topological polar surface area (TPSA) is 47.0 Å². The van der Waals surface area contributed by atoms with Crippen molar-refractivity contribution in [2.24, 2.45) is 0 Å². The number of fused-ring (bicyclic) bond motifs is 1. The van der Waals surface area contributed by atoms with Crippen LogP contribution in [0.1, 0.15) is 35.9 Å². The Morgan fingerprint density at radius 3 is 3.05 bits per heavy atom. The number of hydrogen-bond acceptors (Lipinski definition) is 5. The highest BCUT2D eigenvalue weighted by molar-refractivity contribution is 7.15. The second-order valence-corrected chi connectivity index (χ2v) is 6.00. The molecule has 100 valence electrons. The van der Waals surface area contributed by atoms with Crippen molar-refractivity contribution in [3.8, 4) is 5.75 Å². The fraction of sp³-hybridized carbons (Fsp3) is 0.429. The molecule has 0 spiro atoms. The smallest absolute Gasteiger partial charge is 0.205 e. The van der Waals surface area contributed by atoms with Crippen molar-refractivity contribution < 1.29 is 4.74 Å². The Kier molecular flexibility index (Phi) is 3.38. The molecule has 1 aromatic carbocycles. The van der Waals surface area contributed by atoms with Crippen molar-refractivity contribution in [3.05, 3.63) is 34.3 Å². The van der Waals surface area contributed by atoms with Gasteiger partial charge in [-0.15, -0.1) is 10.2 Å². The zero-order valence-corrected chi connectivity index (χ0v) is 12.0. The summed E-state index contributed by atoms with van der Waals surface area (Å²) in [6.45, 7) is 5.84. The minimum absolute atomic E-state index is 0.435. The van der Waals surface area contributed by atoms with E-state index in [2.05, 4.69) is 47.6 Å². The van der Waals surface area contributed by atoms with E-state index in [1.807, 2.05) is 0 Å². The molecule has 4 nitrogen and oxygen atoms in total. The zero-order chi connectivity index (χ0) is 13.2. The normalized spacial score (nSPS) is 13.4. The summed E-state index contributed by atoms with van der Waals surface area (Å²) in [5.74, 6) is 1.46. The van der Waals surface area contributed by atoms with Gasteiger partial charge in [0.1, 0.15) is 10.8 Å². The number of aromatic nitrogens is 2. The highest BCUT2D eigenvalue weighted by Crippen LogP contribution is 2.27. The molecule has 1 N–H and O–H groups in total. The van der Waals surface area contributed by atoms with E-state index in [0.717, 1.165) is 35.5 Å². The predicted octanol–water partition coefficient (Wildman–Crippen LogP) is 3.21. The molecule has 0 saturated carbocycles. The maximum Gasteiger partial charge on any atom is 0.205 e. The second kappa shape index (κ2) is 5.17. The third-order valence-corrected chi connectivity index (χ3v) is 4.31. The van der Waals surface area contributed by atoms with Gasteiger partial charge in [0.2, 0.25) is 5.13 Å². The highest BCUT2D eigenvalue weighted by atomic mass is 32.1. The van der Waals surface area contributed by atoms with Crippen LogP contribution in [0.4, 0.5) is 5.13 Å². The number of ether oxygens (including phenoxy) is 1. The maximum absolute atomic E-state index is 5.51. The first-order chi connectivity index (χ1) is 9.22. The van der Waals surface area contributed by atoms with Gasteiger partial charge in [-0.25, -0.2) is 0 Å². The average Bonchev–Trinajstić information content (AvgIpc) is 3.04. The number of benzene rings is 1. The number of nitrogens with one attached hydrogen (secondary N) is 1. The molecule has 0 atom stereocenters. The minimum atomic E-state index is 0.435. The molecule has 0 radical (unpaired) electrons. The first kappa shape index (κ1) is 12.4. The molecule has 0 unspecified atom stereocenters. The van der Waals surface area contributed by atoms with E-state index < -0.39 is 0 Å². The van der Waals surface area contributed by atoms with Crippen molar-refractivity contribution >= 4 is 16.5 Å². The molecule has 0 amide bonds. The Morgan fingerprint density at radius 2 is 2.26 bits per heavy atom. The van der Waals surface area contributed by atoms with Crippen LogP contribution in [0.25, 0.3) is 0 Å². The van der Waals surface area contributed by atoms with E-state index in [1.165, 1.54) is 11.1 Å². The monoisotopic (exact) mass is 275 g/mol. The summed E-state index contributed by atoms with van der Waals surface area (Å²) in [7, 11) is 0. The number of nitrogens with zero attached hydrogens (tertiary/aromatic N) is 2. The van der Waals surface area contributed by atoms with Crippen LogP contribution in [0.15, 0.2) is 18.2 Å². The molecule has 2 aromatic rings. The average molecular weight is 275 g/mol. The first-order valence-corrected chi connectivity index (χ1v) is 7.36. The standard InChI is InChI=1S/C14H17N3OS/c1-9(2)13-16-17-14(19-13)15-8-10-3-4-12-11(7-10)5-6-18-12/h3-4,7,9H,5-6,8H2,1-2H3,(H,15,17). The van der Waals surface area contributed by atoms with Gasteiger partial charge in [0.05, 0.1) is 6.61 Å². The van der Waals surface area contributed by atoms with Crippen LogP contribution in [0.2, 0.25) is 0 Å². The third kappa shape index (κ3) is 2.71. The van der Waals surface area contributed by atoms with E-state index in [9.17, 15) is 0 Å². The van der Waals surface area contributed by atoms with Crippen LogP contribution >= 0.6 is 11.3 Å². The summed E-state index contributed by atoms with van der Waals surface area (Å²) < 4.78 is 5.51. The van der Waals surface area contributed by atoms with Gasteiger partial charge in [-0.2, -0.15) is 0 Å². The lowest BCUT2D eigenvalue weighted by molar-refractivity contribution is 0.357. The molecule has 1 aliphatic heterocycles. The van der Waals surface area contributed by atoms with Crippen molar-refractivity contribution in [1.29, 1.82) is 0 Å². The Bertz CT molecular complexity index is 580. The molecule has 5 heteroatoms. The van der Waals surface area contributed by atoms with Gasteiger partial charge in [0.15, 0.2) is 0 Å². The molecule has 0 saturated heterocycles. The van der Waals surface area contributed by atoms with E-state index in [4.69, 9.17) is 4.74 Å². The third-order valence-electron chi connectivity index (χ3n) is 3.13. The summed E-state index contributed by atoms with van der Waals surface area (Å²) in [6.07, 6.45) is 1.01. The molecule has 1 aliphatic rings. The van der Waals surface area contributed by atoms with Gasteiger partial charge >= 0.3 is 0 Å². The number of anilines is 1. The van der Waals surface area contributed by atoms with Gasteiger partial charge in [-0.1, -0.05) is 37.3 Å². The molecule has 2 heterocycles. The van der Waals surface area contributed by atoms with Crippen LogP contribution in [-0.2, 0) is 13.0 Å². The van der Waals surface area contributed by atoms with Crippen molar-refractivity contribution in [3.63, 3.8) is 0 Å². The molecule has 1 aromatic heterocycles. The van der Waals surface area contributed by atoms with E-state index in [0.29, 0.717) is 5.92 Å². The molecule has 3 rings (SSSR count). The second-order valence-electron chi connectivity index (χ2n) is 4.99. The van der Waals surface area contributed by atoms with Crippen LogP contribution in [-0.4, -0.2) is 16.8 Å². The minimum Gasteiger partial charge on any atom is -0.493 e. The largest absolute Gasteiger partial charge is 0.493 e. The lowest BCUT2D eigenvalue weighted by Gasteiger charge is -2.04. The van der Waals surface area contributed by atoms with Crippen LogP contribution in [0.3, 0.4) is 0 Å². The summed E-state index contributed by atoms with van der Waals surface area (Å²) >= 11 is 1.63. The van der Waals surface area contributed by atoms with Crippen LogP contribution < -0.4 is 10.1 Å². The molecule has 0 aliphatic carbocycles. The Morgan fingerprint density at radius 1 is 1.37 bits per heavy atom. The van der Waals surface area contributed by atoms with Crippen molar-refractivity contribution in [1.82, 2.24) is 10.2 Å². The Hall–Kier alpha value is -1.62. The summed E-state index contributed by atoms with van der Waals surface area (Å²) in [5.41, 5.74) is 2.56. The lowest BCUT2D eigenvalue weighted by Crippen LogP contribution is -1.99. The summed E-state index contributed by atoms with van der Waals surface area (Å²) in [4.78, 5) is 0. The van der Waals surface area contributed by atoms with E-state index in [1.54, 1.807) is 11.3 Å². The fourth-order valence-electron chi connectivity index (χ4n) is 2.07. The SMILES string of the molecule is CC(C)c1nnc(NCc2ccc3c(c2)CCO3)s1. The Balaban J connectivity index is 1.65. The van der Waals surface area contributed by atoms with Gasteiger partial charge in [0, 0.05) is 18.9 Å². The quantitative estimate of drug-likeness (QED) is 0.930. The molecular formula is C14H17N3OS. The molecule has 0 fully saturated rings. The highest BCUT2D eigenvalue weighted by Gasteiger charge is 2.12. The van der Waals surface area contributed by atoms with Gasteiger partial charge in [0.25, 0.3) is 0 Å². The van der Waals surface area contributed by atoms with Crippen molar-refractivity contribution in [2.45, 2.75) is 32.7 Å². The van der Waals surface area contributed by atoms with E-state index in [-0.39, 0.29) is 0 Å². The van der Waals surface area contributed by atoms with Gasteiger partial charge in [-0.05, 0) is 17.2 Å². The maximum atomic E-state index is 5.51. The fourth-order valence-corrected chi connectivity index (χ4v) is 2.81. The van der Waals surface area contributed by atoms with E-state index >= 15 is 0 Å². The summed E-state index contributed by atoms with van der Waals surface area (Å²) in [6, 6.07) is 6.36. The number of rotatable bonds is 4.